The van der Waals surface area contributed by atoms with E-state index in [4.69, 9.17) is 0 Å². The molecule has 0 bridgehead atoms. The molecule has 2 amide bonds. The van der Waals surface area contributed by atoms with E-state index in [0.717, 1.165) is 25.8 Å². The zero-order valence-electron chi connectivity index (χ0n) is 14.5. The molecule has 4 rings (SSSR count). The van der Waals surface area contributed by atoms with E-state index in [2.05, 4.69) is 10.2 Å². The Morgan fingerprint density at radius 1 is 1.23 bits per heavy atom. The average molecular weight is 354 g/mol. The molecule has 0 spiro atoms. The standard InChI is InChI=1S/C19H22N4O3/c24-17-7-2-1-6-14(17)15-11-16(21-20-15)19(26)22-9-3-5-13(12-22)23-10-4-8-18(23)25/h1-2,6-7,11,13,24H,3-5,8-10,12H2,(H,20,21). The molecule has 2 saturated heterocycles. The number of para-hydroxylation sites is 1. The van der Waals surface area contributed by atoms with Gasteiger partial charge in [-0.2, -0.15) is 5.10 Å². The van der Waals surface area contributed by atoms with Crippen molar-refractivity contribution in [3.63, 3.8) is 0 Å². The van der Waals surface area contributed by atoms with Gasteiger partial charge in [-0.1, -0.05) is 12.1 Å². The highest BCUT2D eigenvalue weighted by atomic mass is 16.3. The molecule has 26 heavy (non-hydrogen) atoms. The number of phenols is 1. The first kappa shape index (κ1) is 16.6. The number of H-pyrrole nitrogens is 1. The van der Waals surface area contributed by atoms with Crippen LogP contribution in [0.25, 0.3) is 11.3 Å². The number of carbonyl (C=O) groups excluding carboxylic acids is 2. The van der Waals surface area contributed by atoms with E-state index in [-0.39, 0.29) is 23.6 Å². The van der Waals surface area contributed by atoms with Crippen LogP contribution in [0.1, 0.15) is 36.2 Å². The Morgan fingerprint density at radius 2 is 2.08 bits per heavy atom. The fourth-order valence-electron chi connectivity index (χ4n) is 3.88. The Bertz CT molecular complexity index is 832. The fraction of sp³-hybridized carbons (Fsp3) is 0.421. The van der Waals surface area contributed by atoms with Gasteiger partial charge in [0.15, 0.2) is 0 Å². The Labute approximate surface area is 151 Å². The highest BCUT2D eigenvalue weighted by Crippen LogP contribution is 2.28. The predicted octanol–water partition coefficient (Wildman–Crippen LogP) is 2.01. The maximum absolute atomic E-state index is 12.9. The maximum Gasteiger partial charge on any atom is 0.271 e. The van der Waals surface area contributed by atoms with Gasteiger partial charge >= 0.3 is 0 Å². The zero-order valence-corrected chi connectivity index (χ0v) is 14.5. The maximum atomic E-state index is 12.9. The molecule has 2 fully saturated rings. The second kappa shape index (κ2) is 6.82. The summed E-state index contributed by atoms with van der Waals surface area (Å²) in [5.74, 6) is 0.215. The molecule has 1 aromatic heterocycles. The number of phenolic OH excluding ortho intramolecular Hbond substituents is 1. The highest BCUT2D eigenvalue weighted by Gasteiger charge is 2.33. The largest absolute Gasteiger partial charge is 0.507 e. The topological polar surface area (TPSA) is 89.5 Å². The smallest absolute Gasteiger partial charge is 0.271 e. The number of hydrogen-bond acceptors (Lipinski definition) is 4. The van der Waals surface area contributed by atoms with Crippen molar-refractivity contribution in [2.75, 3.05) is 19.6 Å². The second-order valence-corrected chi connectivity index (χ2v) is 6.92. The summed E-state index contributed by atoms with van der Waals surface area (Å²) in [5, 5.41) is 16.9. The molecular weight excluding hydrogens is 332 g/mol. The van der Waals surface area contributed by atoms with Gasteiger partial charge in [0.1, 0.15) is 11.4 Å². The number of nitrogens with zero attached hydrogens (tertiary/aromatic N) is 3. The molecule has 2 N–H and O–H groups in total. The van der Waals surface area contributed by atoms with Crippen LogP contribution < -0.4 is 0 Å². The third kappa shape index (κ3) is 3.05. The SMILES string of the molecule is O=C(c1cc(-c2ccccc2O)n[nH]1)N1CCCC(N2CCCC2=O)C1. The Balaban J connectivity index is 1.49. The van der Waals surface area contributed by atoms with E-state index in [1.807, 2.05) is 11.0 Å². The van der Waals surface area contributed by atoms with Gasteiger partial charge in [0.2, 0.25) is 5.91 Å². The fourth-order valence-corrected chi connectivity index (χ4v) is 3.88. The molecule has 2 aliphatic rings. The molecule has 0 radical (unpaired) electrons. The first-order valence-electron chi connectivity index (χ1n) is 9.06. The molecule has 1 unspecified atom stereocenters. The summed E-state index contributed by atoms with van der Waals surface area (Å²) in [6, 6.07) is 8.69. The number of nitrogens with one attached hydrogen (secondary N) is 1. The lowest BCUT2D eigenvalue weighted by Gasteiger charge is -2.37. The molecule has 0 aliphatic carbocycles. The molecule has 136 valence electrons. The number of carbonyl (C=O) groups is 2. The Kier molecular flexibility index (Phi) is 4.36. The van der Waals surface area contributed by atoms with Gasteiger partial charge in [0.25, 0.3) is 5.91 Å². The van der Waals surface area contributed by atoms with E-state index in [0.29, 0.717) is 36.5 Å². The summed E-state index contributed by atoms with van der Waals surface area (Å²) in [7, 11) is 0. The van der Waals surface area contributed by atoms with Crippen molar-refractivity contribution in [1.29, 1.82) is 0 Å². The van der Waals surface area contributed by atoms with Crippen molar-refractivity contribution in [3.8, 4) is 17.0 Å². The number of aromatic nitrogens is 2. The third-order valence-electron chi connectivity index (χ3n) is 5.22. The van der Waals surface area contributed by atoms with E-state index < -0.39 is 0 Å². The second-order valence-electron chi connectivity index (χ2n) is 6.92. The molecule has 2 aliphatic heterocycles. The summed E-state index contributed by atoms with van der Waals surface area (Å²) in [5.41, 5.74) is 1.52. The molecule has 1 aromatic carbocycles. The Morgan fingerprint density at radius 3 is 2.85 bits per heavy atom. The molecule has 7 heteroatoms. The van der Waals surface area contributed by atoms with Crippen LogP contribution in [0.15, 0.2) is 30.3 Å². The van der Waals surface area contributed by atoms with Gasteiger partial charge in [-0.25, -0.2) is 0 Å². The number of benzene rings is 1. The van der Waals surface area contributed by atoms with Gasteiger partial charge < -0.3 is 14.9 Å². The summed E-state index contributed by atoms with van der Waals surface area (Å²) in [6.07, 6.45) is 3.37. The average Bonchev–Trinajstić information content (AvgIpc) is 3.31. The normalized spacial score (nSPS) is 20.6. The van der Waals surface area contributed by atoms with Gasteiger partial charge in [-0.15, -0.1) is 0 Å². The monoisotopic (exact) mass is 354 g/mol. The van der Waals surface area contributed by atoms with Gasteiger partial charge in [-0.05, 0) is 37.5 Å². The van der Waals surface area contributed by atoms with Crippen LogP contribution in [-0.4, -0.2) is 62.6 Å². The van der Waals surface area contributed by atoms with Crippen molar-refractivity contribution in [2.24, 2.45) is 0 Å². The lowest BCUT2D eigenvalue weighted by atomic mass is 10.0. The third-order valence-corrected chi connectivity index (χ3v) is 5.22. The lowest BCUT2D eigenvalue weighted by molar-refractivity contribution is -0.130. The first-order chi connectivity index (χ1) is 12.6. The molecule has 7 nitrogen and oxygen atoms in total. The van der Waals surface area contributed by atoms with Gasteiger partial charge in [0.05, 0.1) is 5.69 Å². The molecule has 3 heterocycles. The first-order valence-corrected chi connectivity index (χ1v) is 9.06. The number of rotatable bonds is 3. The van der Waals surface area contributed by atoms with Crippen molar-refractivity contribution in [3.05, 3.63) is 36.0 Å². The minimum atomic E-state index is -0.115. The molecule has 0 saturated carbocycles. The van der Waals surface area contributed by atoms with Crippen LogP contribution in [0.3, 0.4) is 0 Å². The molecule has 2 aromatic rings. The number of aromatic hydroxyl groups is 1. The van der Waals surface area contributed by atoms with E-state index in [9.17, 15) is 14.7 Å². The van der Waals surface area contributed by atoms with Gasteiger partial charge in [0, 0.05) is 37.7 Å². The Hall–Kier alpha value is -2.83. The highest BCUT2D eigenvalue weighted by molar-refractivity contribution is 5.93. The summed E-state index contributed by atoms with van der Waals surface area (Å²) in [4.78, 5) is 28.6. The van der Waals surface area contributed by atoms with Crippen LogP contribution in [0.5, 0.6) is 5.75 Å². The quantitative estimate of drug-likeness (QED) is 0.882. The van der Waals surface area contributed by atoms with Crippen molar-refractivity contribution < 1.29 is 14.7 Å². The lowest BCUT2D eigenvalue weighted by Crippen LogP contribution is -2.50. The predicted molar refractivity (Wildman–Crippen MR) is 95.6 cm³/mol. The van der Waals surface area contributed by atoms with Crippen molar-refractivity contribution >= 4 is 11.8 Å². The van der Waals surface area contributed by atoms with Gasteiger partial charge in [-0.3, -0.25) is 14.7 Å². The number of hydrogen-bond donors (Lipinski definition) is 2. The van der Waals surface area contributed by atoms with Crippen LogP contribution in [0, 0.1) is 0 Å². The summed E-state index contributed by atoms with van der Waals surface area (Å²) >= 11 is 0. The minimum absolute atomic E-state index is 0.114. The van der Waals surface area contributed by atoms with Crippen LogP contribution in [0.2, 0.25) is 0 Å². The van der Waals surface area contributed by atoms with Crippen molar-refractivity contribution in [1.82, 2.24) is 20.0 Å². The van der Waals surface area contributed by atoms with E-state index in [1.165, 1.54) is 0 Å². The number of aromatic amines is 1. The van der Waals surface area contributed by atoms with Crippen LogP contribution in [0.4, 0.5) is 0 Å². The molecular formula is C19H22N4O3. The number of piperidine rings is 1. The minimum Gasteiger partial charge on any atom is -0.507 e. The summed E-state index contributed by atoms with van der Waals surface area (Å²) < 4.78 is 0. The van der Waals surface area contributed by atoms with Crippen LogP contribution in [-0.2, 0) is 4.79 Å². The zero-order chi connectivity index (χ0) is 18.1. The number of amides is 2. The van der Waals surface area contributed by atoms with Crippen molar-refractivity contribution in [2.45, 2.75) is 31.7 Å². The summed E-state index contributed by atoms with van der Waals surface area (Å²) in [6.45, 7) is 2.05. The number of likely N-dealkylation sites (tertiary alicyclic amines) is 2. The molecule has 1 atom stereocenters. The van der Waals surface area contributed by atoms with Crippen LogP contribution >= 0.6 is 0 Å². The van der Waals surface area contributed by atoms with E-state index >= 15 is 0 Å². The van der Waals surface area contributed by atoms with E-state index in [1.54, 1.807) is 29.2 Å².